The fourth-order valence-electron chi connectivity index (χ4n) is 2.97. The molecule has 6 nitrogen and oxygen atoms in total. The molecule has 1 aromatic heterocycles. The number of halogens is 2. The third-order valence-electron chi connectivity index (χ3n) is 4.37. The average Bonchev–Trinajstić information content (AvgIpc) is 3.21. The Labute approximate surface area is 192 Å². The van der Waals surface area contributed by atoms with Gasteiger partial charge in [-0.05, 0) is 23.8 Å². The van der Waals surface area contributed by atoms with E-state index in [-0.39, 0.29) is 5.91 Å². The standard InChI is InChI=1S/C20H18Cl2N4O2S2/c21-14-10-15(22)12-16(11-14)23-18(27)17(13-4-2-1-3-5-13)29-20-25-24-19(30-20)26-6-8-28-9-7-26/h1-5,10-12,17H,6-9H2,(H,23,27). The number of benzene rings is 2. The predicted molar refractivity (Wildman–Crippen MR) is 123 cm³/mol. The fourth-order valence-corrected chi connectivity index (χ4v) is 5.58. The summed E-state index contributed by atoms with van der Waals surface area (Å²) in [5.41, 5.74) is 1.42. The summed E-state index contributed by atoms with van der Waals surface area (Å²) in [5, 5.41) is 12.8. The Hall–Kier alpha value is -1.84. The summed E-state index contributed by atoms with van der Waals surface area (Å²) in [6, 6.07) is 14.5. The van der Waals surface area contributed by atoms with Crippen LogP contribution in [-0.2, 0) is 9.53 Å². The highest BCUT2D eigenvalue weighted by atomic mass is 35.5. The number of thioether (sulfide) groups is 1. The van der Waals surface area contributed by atoms with Crippen molar-refractivity contribution in [2.75, 3.05) is 36.5 Å². The van der Waals surface area contributed by atoms with Crippen LogP contribution in [0.3, 0.4) is 0 Å². The van der Waals surface area contributed by atoms with E-state index in [2.05, 4.69) is 20.4 Å². The van der Waals surface area contributed by atoms with E-state index < -0.39 is 5.25 Å². The first-order chi connectivity index (χ1) is 14.6. The zero-order valence-electron chi connectivity index (χ0n) is 15.8. The van der Waals surface area contributed by atoms with Gasteiger partial charge in [0.15, 0.2) is 4.34 Å². The van der Waals surface area contributed by atoms with Crippen LogP contribution < -0.4 is 10.2 Å². The van der Waals surface area contributed by atoms with Gasteiger partial charge in [0.1, 0.15) is 5.25 Å². The minimum atomic E-state index is -0.505. The van der Waals surface area contributed by atoms with Crippen molar-refractivity contribution in [3.8, 4) is 0 Å². The third-order valence-corrected chi connectivity index (χ3v) is 7.13. The van der Waals surface area contributed by atoms with E-state index in [4.69, 9.17) is 27.9 Å². The maximum atomic E-state index is 13.2. The van der Waals surface area contributed by atoms with Crippen molar-refractivity contribution in [3.05, 3.63) is 64.1 Å². The predicted octanol–water partition coefficient (Wildman–Crippen LogP) is 5.15. The van der Waals surface area contributed by atoms with Gasteiger partial charge in [-0.25, -0.2) is 0 Å². The Balaban J connectivity index is 1.54. The first kappa shape index (κ1) is 21.4. The molecule has 3 aromatic rings. The highest BCUT2D eigenvalue weighted by Gasteiger charge is 2.25. The van der Waals surface area contributed by atoms with E-state index in [9.17, 15) is 4.79 Å². The van der Waals surface area contributed by atoms with E-state index in [0.717, 1.165) is 28.1 Å². The lowest BCUT2D eigenvalue weighted by atomic mass is 10.1. The number of hydrogen-bond donors (Lipinski definition) is 1. The molecule has 4 rings (SSSR count). The highest BCUT2D eigenvalue weighted by molar-refractivity contribution is 8.02. The second-order valence-electron chi connectivity index (χ2n) is 6.51. The lowest BCUT2D eigenvalue weighted by Crippen LogP contribution is -2.36. The summed E-state index contributed by atoms with van der Waals surface area (Å²) in [4.78, 5) is 15.3. The minimum absolute atomic E-state index is 0.187. The van der Waals surface area contributed by atoms with E-state index in [1.54, 1.807) is 18.2 Å². The molecule has 2 heterocycles. The summed E-state index contributed by atoms with van der Waals surface area (Å²) >= 11 is 15.0. The van der Waals surface area contributed by atoms with Crippen LogP contribution in [0, 0.1) is 0 Å². The molecule has 1 aliphatic heterocycles. The molecule has 1 saturated heterocycles. The molecule has 0 saturated carbocycles. The zero-order valence-corrected chi connectivity index (χ0v) is 18.9. The number of aromatic nitrogens is 2. The van der Waals surface area contributed by atoms with Crippen LogP contribution in [0.5, 0.6) is 0 Å². The lowest BCUT2D eigenvalue weighted by molar-refractivity contribution is -0.115. The fraction of sp³-hybridized carbons (Fsp3) is 0.250. The van der Waals surface area contributed by atoms with Crippen LogP contribution in [0.15, 0.2) is 52.9 Å². The Morgan fingerprint density at radius 1 is 1.10 bits per heavy atom. The SMILES string of the molecule is O=C(Nc1cc(Cl)cc(Cl)c1)C(Sc1nnc(N2CCOCC2)s1)c1ccccc1. The molecule has 1 N–H and O–H groups in total. The Bertz CT molecular complexity index is 993. The summed E-state index contributed by atoms with van der Waals surface area (Å²) < 4.78 is 6.12. The van der Waals surface area contributed by atoms with Crippen LogP contribution in [0.1, 0.15) is 10.8 Å². The van der Waals surface area contributed by atoms with Crippen LogP contribution in [-0.4, -0.2) is 42.4 Å². The highest BCUT2D eigenvalue weighted by Crippen LogP contribution is 2.39. The number of morpholine rings is 1. The number of anilines is 2. The number of carbonyl (C=O) groups is 1. The molecule has 0 bridgehead atoms. The monoisotopic (exact) mass is 480 g/mol. The largest absolute Gasteiger partial charge is 0.378 e. The molecular formula is C20H18Cl2N4O2S2. The van der Waals surface area contributed by atoms with Crippen molar-refractivity contribution < 1.29 is 9.53 Å². The van der Waals surface area contributed by atoms with Crippen molar-refractivity contribution in [2.24, 2.45) is 0 Å². The molecule has 0 spiro atoms. The second-order valence-corrected chi connectivity index (χ2v) is 9.69. The molecule has 1 atom stereocenters. The number of rotatable bonds is 6. The van der Waals surface area contributed by atoms with Crippen molar-refractivity contribution in [2.45, 2.75) is 9.59 Å². The van der Waals surface area contributed by atoms with Gasteiger partial charge in [0, 0.05) is 28.8 Å². The molecule has 10 heteroatoms. The minimum Gasteiger partial charge on any atom is -0.378 e. The zero-order chi connectivity index (χ0) is 20.9. The molecule has 2 aromatic carbocycles. The normalized spacial score (nSPS) is 15.1. The van der Waals surface area contributed by atoms with Gasteiger partial charge in [0.25, 0.3) is 0 Å². The summed E-state index contributed by atoms with van der Waals surface area (Å²) in [5.74, 6) is -0.187. The molecule has 0 aliphatic carbocycles. The van der Waals surface area contributed by atoms with E-state index >= 15 is 0 Å². The molecule has 1 unspecified atom stereocenters. The second kappa shape index (κ2) is 9.98. The summed E-state index contributed by atoms with van der Waals surface area (Å²) in [7, 11) is 0. The van der Waals surface area contributed by atoms with Gasteiger partial charge in [-0.1, -0.05) is 76.6 Å². The van der Waals surface area contributed by atoms with Gasteiger partial charge in [-0.3, -0.25) is 4.79 Å². The lowest BCUT2D eigenvalue weighted by Gasteiger charge is -2.25. The quantitative estimate of drug-likeness (QED) is 0.491. The first-order valence-electron chi connectivity index (χ1n) is 9.23. The maximum Gasteiger partial charge on any atom is 0.242 e. The molecule has 30 heavy (non-hydrogen) atoms. The number of nitrogens with zero attached hydrogens (tertiary/aromatic N) is 3. The average molecular weight is 481 g/mol. The van der Waals surface area contributed by atoms with Crippen molar-refractivity contribution >= 4 is 63.0 Å². The smallest absolute Gasteiger partial charge is 0.242 e. The van der Waals surface area contributed by atoms with Crippen LogP contribution in [0.25, 0.3) is 0 Å². The molecule has 0 radical (unpaired) electrons. The number of ether oxygens (including phenoxy) is 1. The molecule has 156 valence electrons. The topological polar surface area (TPSA) is 67.4 Å². The number of hydrogen-bond acceptors (Lipinski definition) is 7. The van der Waals surface area contributed by atoms with Crippen molar-refractivity contribution in [1.82, 2.24) is 10.2 Å². The molecule has 1 aliphatic rings. The summed E-state index contributed by atoms with van der Waals surface area (Å²) in [6.07, 6.45) is 0. The molecular weight excluding hydrogens is 463 g/mol. The number of nitrogens with one attached hydrogen (secondary N) is 1. The van der Waals surface area contributed by atoms with Gasteiger partial charge in [0.2, 0.25) is 11.0 Å². The van der Waals surface area contributed by atoms with Gasteiger partial charge >= 0.3 is 0 Å². The van der Waals surface area contributed by atoms with Crippen molar-refractivity contribution in [1.29, 1.82) is 0 Å². The van der Waals surface area contributed by atoms with Crippen LogP contribution >= 0.6 is 46.3 Å². The van der Waals surface area contributed by atoms with E-state index in [1.165, 1.54) is 23.1 Å². The summed E-state index contributed by atoms with van der Waals surface area (Å²) in [6.45, 7) is 2.94. The van der Waals surface area contributed by atoms with Gasteiger partial charge in [-0.2, -0.15) is 0 Å². The Morgan fingerprint density at radius 3 is 2.50 bits per heavy atom. The molecule has 1 amide bonds. The Morgan fingerprint density at radius 2 is 1.80 bits per heavy atom. The Kier molecular flexibility index (Phi) is 7.12. The van der Waals surface area contributed by atoms with Gasteiger partial charge in [-0.15, -0.1) is 10.2 Å². The van der Waals surface area contributed by atoms with E-state index in [0.29, 0.717) is 28.9 Å². The van der Waals surface area contributed by atoms with Gasteiger partial charge < -0.3 is 15.0 Å². The van der Waals surface area contributed by atoms with E-state index in [1.807, 2.05) is 30.3 Å². The van der Waals surface area contributed by atoms with Crippen LogP contribution in [0.2, 0.25) is 10.0 Å². The third kappa shape index (κ3) is 5.44. The first-order valence-corrected chi connectivity index (χ1v) is 11.7. The maximum absolute atomic E-state index is 13.2. The molecule has 1 fully saturated rings. The van der Waals surface area contributed by atoms with Gasteiger partial charge in [0.05, 0.1) is 13.2 Å². The number of carbonyl (C=O) groups excluding carboxylic acids is 1. The number of amides is 1. The van der Waals surface area contributed by atoms with Crippen LogP contribution in [0.4, 0.5) is 10.8 Å². The van der Waals surface area contributed by atoms with Crippen molar-refractivity contribution in [3.63, 3.8) is 0 Å².